The summed E-state index contributed by atoms with van der Waals surface area (Å²) in [5, 5.41) is 3.34. The van der Waals surface area contributed by atoms with Gasteiger partial charge >= 0.3 is 0 Å². The summed E-state index contributed by atoms with van der Waals surface area (Å²) in [5.74, 6) is 0.965. The van der Waals surface area contributed by atoms with Crippen LogP contribution in [0.15, 0.2) is 30.3 Å². The van der Waals surface area contributed by atoms with Crippen molar-refractivity contribution >= 4 is 17.7 Å². The van der Waals surface area contributed by atoms with Crippen LogP contribution in [0.5, 0.6) is 0 Å². The van der Waals surface area contributed by atoms with Gasteiger partial charge in [0.05, 0.1) is 13.2 Å². The summed E-state index contributed by atoms with van der Waals surface area (Å²) in [4.78, 5) is 44.8. The van der Waals surface area contributed by atoms with Crippen LogP contribution < -0.4 is 10.8 Å². The minimum Gasteiger partial charge on any atom is -0.294 e. The molecule has 0 radical (unpaired) electrons. The highest BCUT2D eigenvalue weighted by Gasteiger charge is 2.63. The standard InChI is InChI=1S/C22H27N3O4/c26-19(24-29-13-14-4-2-1-3-5-14)12-25-20(27)11-23-22(21(25)28)17-7-15-6-16(9-17)10-18(22)8-15/h1-5,15-18,23H,6-13H2,(H,24,26). The van der Waals surface area contributed by atoms with E-state index in [1.165, 1.54) is 6.42 Å². The molecule has 29 heavy (non-hydrogen) atoms. The Labute approximate surface area is 170 Å². The molecule has 1 heterocycles. The molecule has 1 aromatic rings. The SMILES string of the molecule is O=C(CN1C(=O)CNC2(C1=O)C1CC3CC(C1)CC2C3)NOCc1ccccc1. The smallest absolute Gasteiger partial charge is 0.263 e. The Morgan fingerprint density at radius 3 is 2.38 bits per heavy atom. The van der Waals surface area contributed by atoms with E-state index in [-0.39, 0.29) is 43.3 Å². The summed E-state index contributed by atoms with van der Waals surface area (Å²) >= 11 is 0. The normalized spacial score (nSPS) is 35.4. The summed E-state index contributed by atoms with van der Waals surface area (Å²) in [5.41, 5.74) is 2.64. The Bertz CT molecular complexity index is 797. The number of carbonyl (C=O) groups is 3. The van der Waals surface area contributed by atoms with Crippen LogP contribution in [0.4, 0.5) is 0 Å². The number of imide groups is 1. The van der Waals surface area contributed by atoms with E-state index in [1.807, 2.05) is 30.3 Å². The van der Waals surface area contributed by atoms with Crippen molar-refractivity contribution in [2.45, 2.75) is 44.2 Å². The predicted molar refractivity (Wildman–Crippen MR) is 104 cm³/mol. The van der Waals surface area contributed by atoms with Gasteiger partial charge in [-0.25, -0.2) is 5.48 Å². The first-order chi connectivity index (χ1) is 14.1. The summed E-state index contributed by atoms with van der Waals surface area (Å²) in [6, 6.07) is 9.48. The minimum atomic E-state index is -0.660. The van der Waals surface area contributed by atoms with Gasteiger partial charge in [-0.2, -0.15) is 0 Å². The van der Waals surface area contributed by atoms with Crippen molar-refractivity contribution < 1.29 is 19.2 Å². The Morgan fingerprint density at radius 2 is 1.72 bits per heavy atom. The summed E-state index contributed by atoms with van der Waals surface area (Å²) in [6.07, 6.45) is 5.52. The molecule has 1 saturated heterocycles. The first-order valence-corrected chi connectivity index (χ1v) is 10.6. The van der Waals surface area contributed by atoms with E-state index >= 15 is 0 Å². The van der Waals surface area contributed by atoms with Gasteiger partial charge in [0.1, 0.15) is 12.1 Å². The maximum Gasteiger partial charge on any atom is 0.263 e. The number of piperazine rings is 1. The molecule has 7 nitrogen and oxygen atoms in total. The maximum atomic E-state index is 13.5. The second-order valence-corrected chi connectivity index (χ2v) is 9.11. The van der Waals surface area contributed by atoms with Gasteiger partial charge in [0.2, 0.25) is 5.91 Å². The molecule has 5 fully saturated rings. The molecule has 5 aliphatic rings. The molecular weight excluding hydrogens is 370 g/mol. The van der Waals surface area contributed by atoms with Gasteiger partial charge in [-0.1, -0.05) is 30.3 Å². The minimum absolute atomic E-state index is 0.117. The molecule has 0 atom stereocenters. The number of hydrogen-bond acceptors (Lipinski definition) is 5. The molecule has 3 amide bonds. The number of rotatable bonds is 5. The van der Waals surface area contributed by atoms with E-state index in [2.05, 4.69) is 10.8 Å². The molecule has 1 spiro atoms. The van der Waals surface area contributed by atoms with E-state index in [1.54, 1.807) is 0 Å². The second kappa shape index (κ2) is 7.22. The quantitative estimate of drug-likeness (QED) is 0.579. The topological polar surface area (TPSA) is 87.7 Å². The van der Waals surface area contributed by atoms with Crippen molar-refractivity contribution in [3.8, 4) is 0 Å². The lowest BCUT2D eigenvalue weighted by molar-refractivity contribution is -0.172. The Morgan fingerprint density at radius 1 is 1.07 bits per heavy atom. The third-order valence-corrected chi connectivity index (χ3v) is 7.43. The van der Waals surface area contributed by atoms with Gasteiger partial charge in [-0.3, -0.25) is 29.4 Å². The molecule has 1 aromatic carbocycles. The highest BCUT2D eigenvalue weighted by atomic mass is 16.6. The highest BCUT2D eigenvalue weighted by Crippen LogP contribution is 2.59. The number of nitrogens with one attached hydrogen (secondary N) is 2. The number of hydroxylamine groups is 1. The third-order valence-electron chi connectivity index (χ3n) is 7.43. The van der Waals surface area contributed by atoms with Crippen LogP contribution in [-0.2, 0) is 25.8 Å². The Kier molecular flexibility index (Phi) is 4.67. The molecule has 154 valence electrons. The molecule has 1 aliphatic heterocycles. The average molecular weight is 397 g/mol. The molecule has 4 aliphatic carbocycles. The molecule has 2 N–H and O–H groups in total. The van der Waals surface area contributed by atoms with Crippen molar-refractivity contribution in [1.82, 2.24) is 15.7 Å². The van der Waals surface area contributed by atoms with Crippen LogP contribution in [0.3, 0.4) is 0 Å². The number of carbonyl (C=O) groups excluding carboxylic acids is 3. The summed E-state index contributed by atoms with van der Waals surface area (Å²) in [6.45, 7) is 0.0568. The number of benzene rings is 1. The zero-order valence-corrected chi connectivity index (χ0v) is 16.4. The van der Waals surface area contributed by atoms with E-state index in [0.29, 0.717) is 0 Å². The molecular formula is C22H27N3O4. The number of amides is 3. The average Bonchev–Trinajstić information content (AvgIpc) is 2.71. The molecule has 4 saturated carbocycles. The van der Waals surface area contributed by atoms with Crippen molar-refractivity contribution in [1.29, 1.82) is 0 Å². The molecule has 0 aromatic heterocycles. The van der Waals surface area contributed by atoms with Gasteiger partial charge in [0.15, 0.2) is 0 Å². The van der Waals surface area contributed by atoms with Crippen molar-refractivity contribution in [2.75, 3.05) is 13.1 Å². The van der Waals surface area contributed by atoms with Gasteiger partial charge in [-0.05, 0) is 61.3 Å². The lowest BCUT2D eigenvalue weighted by Crippen LogP contribution is -2.76. The fourth-order valence-corrected chi connectivity index (χ4v) is 6.40. The summed E-state index contributed by atoms with van der Waals surface area (Å²) in [7, 11) is 0. The number of nitrogens with zero attached hydrogens (tertiary/aromatic N) is 1. The Hall–Kier alpha value is -2.25. The fourth-order valence-electron chi connectivity index (χ4n) is 6.40. The summed E-state index contributed by atoms with van der Waals surface area (Å²) < 4.78 is 0. The van der Waals surface area contributed by atoms with Crippen LogP contribution in [0, 0.1) is 23.7 Å². The zero-order valence-electron chi connectivity index (χ0n) is 16.4. The van der Waals surface area contributed by atoms with E-state index in [4.69, 9.17) is 4.84 Å². The van der Waals surface area contributed by atoms with Crippen LogP contribution in [0.25, 0.3) is 0 Å². The van der Waals surface area contributed by atoms with E-state index in [9.17, 15) is 14.4 Å². The van der Waals surface area contributed by atoms with E-state index in [0.717, 1.165) is 48.0 Å². The van der Waals surface area contributed by atoms with E-state index < -0.39 is 11.4 Å². The maximum absolute atomic E-state index is 13.5. The van der Waals surface area contributed by atoms with Gasteiger partial charge in [-0.15, -0.1) is 0 Å². The van der Waals surface area contributed by atoms with Crippen molar-refractivity contribution in [3.63, 3.8) is 0 Å². The largest absolute Gasteiger partial charge is 0.294 e. The van der Waals surface area contributed by atoms with Gasteiger partial charge in [0.25, 0.3) is 11.8 Å². The lowest BCUT2D eigenvalue weighted by atomic mass is 9.48. The first-order valence-electron chi connectivity index (χ1n) is 10.6. The second-order valence-electron chi connectivity index (χ2n) is 9.11. The van der Waals surface area contributed by atoms with Crippen LogP contribution in [0.1, 0.15) is 37.7 Å². The fraction of sp³-hybridized carbons (Fsp3) is 0.591. The van der Waals surface area contributed by atoms with Crippen LogP contribution >= 0.6 is 0 Å². The van der Waals surface area contributed by atoms with Gasteiger partial charge < -0.3 is 0 Å². The molecule has 0 unspecified atom stereocenters. The predicted octanol–water partition coefficient (Wildman–Crippen LogP) is 1.39. The van der Waals surface area contributed by atoms with Gasteiger partial charge in [0, 0.05) is 0 Å². The van der Waals surface area contributed by atoms with Crippen molar-refractivity contribution in [3.05, 3.63) is 35.9 Å². The monoisotopic (exact) mass is 397 g/mol. The Balaban J connectivity index is 1.24. The molecule has 4 bridgehead atoms. The zero-order chi connectivity index (χ0) is 20.0. The van der Waals surface area contributed by atoms with Crippen molar-refractivity contribution in [2.24, 2.45) is 23.7 Å². The third kappa shape index (κ3) is 3.16. The highest BCUT2D eigenvalue weighted by molar-refractivity contribution is 6.06. The molecule has 6 rings (SSSR count). The first kappa shape index (κ1) is 18.8. The van der Waals surface area contributed by atoms with Crippen LogP contribution in [0.2, 0.25) is 0 Å². The lowest BCUT2D eigenvalue weighted by Gasteiger charge is -2.62. The van der Waals surface area contributed by atoms with Crippen LogP contribution in [-0.4, -0.2) is 41.2 Å². The molecule has 7 heteroatoms. The number of hydrogen-bond donors (Lipinski definition) is 2.